The Morgan fingerprint density at radius 2 is 1.88 bits per heavy atom. The lowest BCUT2D eigenvalue weighted by Gasteiger charge is -2.19. The summed E-state index contributed by atoms with van der Waals surface area (Å²) in [5, 5.41) is 0. The highest BCUT2D eigenvalue weighted by molar-refractivity contribution is 7.92. The first-order valence-electron chi connectivity index (χ1n) is 8.15. The van der Waals surface area contributed by atoms with Crippen molar-refractivity contribution in [3.05, 3.63) is 65.2 Å². The van der Waals surface area contributed by atoms with Crippen molar-refractivity contribution >= 4 is 21.5 Å². The van der Waals surface area contributed by atoms with E-state index < -0.39 is 10.0 Å². The molecule has 0 radical (unpaired) electrons. The zero-order valence-electron chi connectivity index (χ0n) is 13.7. The number of ketones is 1. The molecule has 0 bridgehead atoms. The SMILES string of the molecule is CC(=O)c1ccc2c(c1)CCN2S(=O)(=O)CCCc1ccccc1. The Bertz CT molecular complexity index is 844. The Labute approximate surface area is 143 Å². The van der Waals surface area contributed by atoms with Gasteiger partial charge in [0.25, 0.3) is 0 Å². The molecule has 0 saturated carbocycles. The van der Waals surface area contributed by atoms with Crippen LogP contribution in [0.5, 0.6) is 0 Å². The number of hydrogen-bond donors (Lipinski definition) is 0. The van der Waals surface area contributed by atoms with Crippen LogP contribution in [-0.2, 0) is 22.9 Å². The summed E-state index contributed by atoms with van der Waals surface area (Å²) < 4.78 is 26.8. The van der Waals surface area contributed by atoms with Crippen LogP contribution < -0.4 is 4.31 Å². The van der Waals surface area contributed by atoms with Gasteiger partial charge in [-0.05, 0) is 55.5 Å². The molecule has 1 aliphatic heterocycles. The predicted molar refractivity (Wildman–Crippen MR) is 96.0 cm³/mol. The first-order chi connectivity index (χ1) is 11.5. The maximum atomic E-state index is 12.7. The van der Waals surface area contributed by atoms with Gasteiger partial charge in [0.05, 0.1) is 11.4 Å². The van der Waals surface area contributed by atoms with E-state index in [1.165, 1.54) is 11.2 Å². The average molecular weight is 343 g/mol. The average Bonchev–Trinajstić information content (AvgIpc) is 2.99. The zero-order valence-corrected chi connectivity index (χ0v) is 14.6. The smallest absolute Gasteiger partial charge is 0.235 e. The van der Waals surface area contributed by atoms with E-state index in [9.17, 15) is 13.2 Å². The van der Waals surface area contributed by atoms with Crippen LogP contribution >= 0.6 is 0 Å². The molecule has 0 N–H and O–H groups in total. The van der Waals surface area contributed by atoms with Gasteiger partial charge in [0.2, 0.25) is 10.0 Å². The molecule has 4 nitrogen and oxygen atoms in total. The standard InChI is InChI=1S/C19H21NO3S/c1-15(21)17-9-10-19-18(14-17)11-12-20(19)24(22,23)13-5-8-16-6-3-2-4-7-16/h2-4,6-7,9-10,14H,5,8,11-13H2,1H3. The fraction of sp³-hybridized carbons (Fsp3) is 0.316. The molecule has 126 valence electrons. The molecule has 1 heterocycles. The number of hydrogen-bond acceptors (Lipinski definition) is 3. The van der Waals surface area contributed by atoms with E-state index in [1.807, 2.05) is 36.4 Å². The maximum absolute atomic E-state index is 12.7. The molecule has 0 fully saturated rings. The van der Waals surface area contributed by atoms with Gasteiger partial charge in [-0.3, -0.25) is 9.10 Å². The normalized spacial score (nSPS) is 13.8. The van der Waals surface area contributed by atoms with Crippen molar-refractivity contribution in [1.29, 1.82) is 0 Å². The monoisotopic (exact) mass is 343 g/mol. The second-order valence-corrected chi connectivity index (χ2v) is 8.14. The molecule has 5 heteroatoms. The Balaban J connectivity index is 1.70. The van der Waals surface area contributed by atoms with Crippen LogP contribution in [0.25, 0.3) is 0 Å². The number of fused-ring (bicyclic) bond motifs is 1. The number of carbonyl (C=O) groups is 1. The van der Waals surface area contributed by atoms with Crippen molar-refractivity contribution in [3.8, 4) is 0 Å². The molecule has 0 aliphatic carbocycles. The van der Waals surface area contributed by atoms with E-state index in [2.05, 4.69) is 0 Å². The fourth-order valence-electron chi connectivity index (χ4n) is 3.09. The zero-order chi connectivity index (χ0) is 17.2. The third kappa shape index (κ3) is 3.51. The van der Waals surface area contributed by atoms with Crippen LogP contribution in [0.4, 0.5) is 5.69 Å². The number of carbonyl (C=O) groups excluding carboxylic acids is 1. The summed E-state index contributed by atoms with van der Waals surface area (Å²) in [5.41, 5.74) is 3.45. The Kier molecular flexibility index (Phi) is 4.71. The van der Waals surface area contributed by atoms with Gasteiger partial charge in [0, 0.05) is 12.1 Å². The van der Waals surface area contributed by atoms with Crippen LogP contribution in [0, 0.1) is 0 Å². The largest absolute Gasteiger partial charge is 0.295 e. The summed E-state index contributed by atoms with van der Waals surface area (Å²) in [5.74, 6) is 0.137. The number of aryl methyl sites for hydroxylation is 1. The van der Waals surface area contributed by atoms with E-state index in [0.717, 1.165) is 23.2 Å². The van der Waals surface area contributed by atoms with Crippen molar-refractivity contribution in [3.63, 3.8) is 0 Å². The number of benzene rings is 2. The van der Waals surface area contributed by atoms with Crippen LogP contribution in [0.3, 0.4) is 0 Å². The molecule has 3 rings (SSSR count). The maximum Gasteiger partial charge on any atom is 0.235 e. The molecule has 0 atom stereocenters. The Morgan fingerprint density at radius 3 is 2.58 bits per heavy atom. The second kappa shape index (κ2) is 6.77. The van der Waals surface area contributed by atoms with E-state index in [-0.39, 0.29) is 11.5 Å². The fourth-order valence-corrected chi connectivity index (χ4v) is 4.67. The molecule has 0 spiro atoms. The van der Waals surface area contributed by atoms with Gasteiger partial charge in [-0.1, -0.05) is 30.3 Å². The Morgan fingerprint density at radius 1 is 1.12 bits per heavy atom. The number of nitrogens with zero attached hydrogens (tertiary/aromatic N) is 1. The van der Waals surface area contributed by atoms with Gasteiger partial charge < -0.3 is 0 Å². The molecule has 0 saturated heterocycles. The molecular formula is C19H21NO3S. The molecule has 0 aromatic heterocycles. The minimum absolute atomic E-state index is 0.00182. The summed E-state index contributed by atoms with van der Waals surface area (Å²) >= 11 is 0. The molecule has 2 aromatic rings. The molecule has 0 amide bonds. The van der Waals surface area contributed by atoms with Gasteiger partial charge in [0.15, 0.2) is 5.78 Å². The van der Waals surface area contributed by atoms with Crippen LogP contribution in [-0.4, -0.2) is 26.5 Å². The van der Waals surface area contributed by atoms with Gasteiger partial charge in [-0.2, -0.15) is 0 Å². The van der Waals surface area contributed by atoms with Crippen molar-refractivity contribution in [1.82, 2.24) is 0 Å². The van der Waals surface area contributed by atoms with Crippen LogP contribution in [0.1, 0.15) is 34.8 Å². The van der Waals surface area contributed by atoms with Crippen molar-refractivity contribution in [2.45, 2.75) is 26.2 Å². The first-order valence-corrected chi connectivity index (χ1v) is 9.76. The topological polar surface area (TPSA) is 54.5 Å². The van der Waals surface area contributed by atoms with Gasteiger partial charge in [-0.25, -0.2) is 8.42 Å². The lowest BCUT2D eigenvalue weighted by molar-refractivity contribution is 0.101. The Hall–Kier alpha value is -2.14. The lowest BCUT2D eigenvalue weighted by Crippen LogP contribution is -2.31. The molecule has 24 heavy (non-hydrogen) atoms. The van der Waals surface area contributed by atoms with Crippen LogP contribution in [0.15, 0.2) is 48.5 Å². The van der Waals surface area contributed by atoms with Crippen LogP contribution in [0.2, 0.25) is 0 Å². The van der Waals surface area contributed by atoms with E-state index in [0.29, 0.717) is 24.9 Å². The summed E-state index contributed by atoms with van der Waals surface area (Å²) in [6.07, 6.45) is 2.02. The number of rotatable bonds is 6. The van der Waals surface area contributed by atoms with Crippen molar-refractivity contribution in [2.24, 2.45) is 0 Å². The highest BCUT2D eigenvalue weighted by Crippen LogP contribution is 2.31. The molecular weight excluding hydrogens is 322 g/mol. The van der Waals surface area contributed by atoms with E-state index >= 15 is 0 Å². The van der Waals surface area contributed by atoms with Gasteiger partial charge in [-0.15, -0.1) is 0 Å². The third-order valence-electron chi connectivity index (χ3n) is 4.39. The lowest BCUT2D eigenvalue weighted by atomic mass is 10.1. The third-order valence-corrected chi connectivity index (χ3v) is 6.24. The summed E-state index contributed by atoms with van der Waals surface area (Å²) in [7, 11) is -3.33. The minimum Gasteiger partial charge on any atom is -0.295 e. The van der Waals surface area contributed by atoms with Gasteiger partial charge >= 0.3 is 0 Å². The highest BCUT2D eigenvalue weighted by atomic mass is 32.2. The van der Waals surface area contributed by atoms with Gasteiger partial charge in [0.1, 0.15) is 0 Å². The summed E-state index contributed by atoms with van der Waals surface area (Å²) in [4.78, 5) is 11.5. The number of Topliss-reactive ketones (excluding diaryl/α,β-unsaturated/α-hetero) is 1. The minimum atomic E-state index is -3.33. The molecule has 2 aromatic carbocycles. The summed E-state index contributed by atoms with van der Waals surface area (Å²) in [6.45, 7) is 1.99. The summed E-state index contributed by atoms with van der Waals surface area (Å²) in [6, 6.07) is 15.2. The molecule has 0 unspecified atom stereocenters. The van der Waals surface area contributed by atoms with Crippen molar-refractivity contribution < 1.29 is 13.2 Å². The second-order valence-electron chi connectivity index (χ2n) is 6.13. The number of anilines is 1. The van der Waals surface area contributed by atoms with E-state index in [1.54, 1.807) is 12.1 Å². The highest BCUT2D eigenvalue weighted by Gasteiger charge is 2.29. The quantitative estimate of drug-likeness (QED) is 0.757. The molecule has 1 aliphatic rings. The predicted octanol–water partition coefficient (Wildman–Crippen LogP) is 3.21. The number of sulfonamides is 1. The van der Waals surface area contributed by atoms with Crippen molar-refractivity contribution in [2.75, 3.05) is 16.6 Å². The van der Waals surface area contributed by atoms with E-state index in [4.69, 9.17) is 0 Å². The first kappa shape index (κ1) is 16.7.